The lowest BCUT2D eigenvalue weighted by Gasteiger charge is -2.18. The first-order valence-corrected chi connectivity index (χ1v) is 8.73. The summed E-state index contributed by atoms with van der Waals surface area (Å²) in [6.07, 6.45) is 3.85. The Hall–Kier alpha value is -0.570. The highest BCUT2D eigenvalue weighted by Gasteiger charge is 2.13. The number of nitrogens with two attached hydrogens (primary N) is 1. The zero-order valence-corrected chi connectivity index (χ0v) is 14.9. The third-order valence-corrected chi connectivity index (χ3v) is 4.25. The van der Waals surface area contributed by atoms with Crippen molar-refractivity contribution in [3.05, 3.63) is 34.9 Å². The van der Waals surface area contributed by atoms with Crippen LogP contribution in [0.3, 0.4) is 0 Å². The van der Waals surface area contributed by atoms with Gasteiger partial charge < -0.3 is 10.2 Å². The standard InChI is InChI=1S/C18H31ClN2/c1-15(2)5-6-17(11-12-20-13-14-21(3)4)16-7-9-18(19)10-8-16/h7-10,15,17,20H,5-6,11-14H2,1-4H3/p+2/t17-/m0/s1. The van der Waals surface area contributed by atoms with Crippen LogP contribution in [0.25, 0.3) is 0 Å². The molecule has 21 heavy (non-hydrogen) atoms. The molecule has 1 aromatic rings. The molecule has 3 heteroatoms. The number of halogens is 1. The highest BCUT2D eigenvalue weighted by atomic mass is 35.5. The molecule has 1 atom stereocenters. The van der Waals surface area contributed by atoms with E-state index in [0.717, 1.165) is 10.9 Å². The second-order valence-corrected chi connectivity index (χ2v) is 7.27. The molecule has 0 aromatic heterocycles. The highest BCUT2D eigenvalue weighted by Crippen LogP contribution is 2.27. The van der Waals surface area contributed by atoms with Crippen molar-refractivity contribution in [1.29, 1.82) is 0 Å². The lowest BCUT2D eigenvalue weighted by atomic mass is 9.89. The monoisotopic (exact) mass is 312 g/mol. The van der Waals surface area contributed by atoms with Crippen molar-refractivity contribution in [3.8, 4) is 0 Å². The van der Waals surface area contributed by atoms with Crippen molar-refractivity contribution in [2.24, 2.45) is 5.92 Å². The Kier molecular flexibility index (Phi) is 8.98. The molecule has 1 aromatic carbocycles. The molecular weight excluding hydrogens is 280 g/mol. The van der Waals surface area contributed by atoms with Crippen LogP contribution in [0.15, 0.2) is 24.3 Å². The van der Waals surface area contributed by atoms with Crippen LogP contribution in [0, 0.1) is 5.92 Å². The second-order valence-electron chi connectivity index (χ2n) is 6.83. The summed E-state index contributed by atoms with van der Waals surface area (Å²) >= 11 is 6.01. The van der Waals surface area contributed by atoms with Gasteiger partial charge in [0.1, 0.15) is 13.1 Å². The maximum Gasteiger partial charge on any atom is 0.126 e. The first-order chi connectivity index (χ1) is 9.99. The fraction of sp³-hybridized carbons (Fsp3) is 0.667. The summed E-state index contributed by atoms with van der Waals surface area (Å²) in [6.45, 7) is 8.30. The number of nitrogens with one attached hydrogen (secondary N) is 1. The van der Waals surface area contributed by atoms with E-state index in [-0.39, 0.29) is 0 Å². The number of quaternary nitrogens is 2. The van der Waals surface area contributed by atoms with Crippen LogP contribution in [0.2, 0.25) is 5.02 Å². The molecule has 0 saturated carbocycles. The number of likely N-dealkylation sites (N-methyl/N-ethyl adjacent to an activating group) is 1. The summed E-state index contributed by atoms with van der Waals surface area (Å²) in [4.78, 5) is 1.53. The maximum absolute atomic E-state index is 6.01. The largest absolute Gasteiger partial charge is 0.342 e. The third kappa shape index (κ3) is 8.45. The minimum Gasteiger partial charge on any atom is -0.342 e. The molecule has 120 valence electrons. The minimum atomic E-state index is 0.674. The van der Waals surface area contributed by atoms with Crippen molar-refractivity contribution in [1.82, 2.24) is 0 Å². The molecule has 0 radical (unpaired) electrons. The van der Waals surface area contributed by atoms with Gasteiger partial charge >= 0.3 is 0 Å². The van der Waals surface area contributed by atoms with E-state index >= 15 is 0 Å². The van der Waals surface area contributed by atoms with Gasteiger partial charge in [-0.25, -0.2) is 0 Å². The Morgan fingerprint density at radius 2 is 1.67 bits per heavy atom. The fourth-order valence-corrected chi connectivity index (χ4v) is 2.73. The second kappa shape index (κ2) is 10.2. The van der Waals surface area contributed by atoms with Gasteiger partial charge in [0, 0.05) is 11.4 Å². The van der Waals surface area contributed by atoms with Gasteiger partial charge in [-0.3, -0.25) is 0 Å². The number of rotatable bonds is 10. The zero-order chi connectivity index (χ0) is 15.7. The summed E-state index contributed by atoms with van der Waals surface area (Å²) in [6, 6.07) is 8.46. The Bertz CT molecular complexity index is 373. The highest BCUT2D eigenvalue weighted by molar-refractivity contribution is 6.30. The van der Waals surface area contributed by atoms with Crippen LogP contribution < -0.4 is 10.2 Å². The van der Waals surface area contributed by atoms with Gasteiger partial charge in [-0.1, -0.05) is 44.0 Å². The average molecular weight is 313 g/mol. The molecule has 0 heterocycles. The SMILES string of the molecule is CC(C)CC[C@@H](CC[NH2+]CC[NH+](C)C)c1ccc(Cl)cc1. The maximum atomic E-state index is 6.01. The van der Waals surface area contributed by atoms with Crippen LogP contribution >= 0.6 is 11.6 Å². The molecule has 0 amide bonds. The summed E-state index contributed by atoms with van der Waals surface area (Å²) in [7, 11) is 4.43. The molecular formula is C18H33ClN2+2. The Balaban J connectivity index is 2.46. The topological polar surface area (TPSA) is 21.1 Å². The van der Waals surface area contributed by atoms with E-state index in [1.54, 1.807) is 0 Å². The predicted molar refractivity (Wildman–Crippen MR) is 92.2 cm³/mol. The van der Waals surface area contributed by atoms with Crippen LogP contribution in [0.1, 0.15) is 44.6 Å². The Morgan fingerprint density at radius 3 is 2.24 bits per heavy atom. The van der Waals surface area contributed by atoms with Crippen LogP contribution in [0.5, 0.6) is 0 Å². The molecule has 2 nitrogen and oxygen atoms in total. The summed E-state index contributed by atoms with van der Waals surface area (Å²) < 4.78 is 0. The fourth-order valence-electron chi connectivity index (χ4n) is 2.60. The van der Waals surface area contributed by atoms with Crippen molar-refractivity contribution in [2.75, 3.05) is 33.7 Å². The summed E-state index contributed by atoms with van der Waals surface area (Å²) in [5.41, 5.74) is 1.45. The van der Waals surface area contributed by atoms with E-state index < -0.39 is 0 Å². The lowest BCUT2D eigenvalue weighted by Crippen LogP contribution is -3.09. The smallest absolute Gasteiger partial charge is 0.126 e. The van der Waals surface area contributed by atoms with E-state index in [4.69, 9.17) is 11.6 Å². The van der Waals surface area contributed by atoms with Crippen molar-refractivity contribution in [3.63, 3.8) is 0 Å². The number of benzene rings is 1. The van der Waals surface area contributed by atoms with Gasteiger partial charge in [-0.05, 0) is 36.0 Å². The van der Waals surface area contributed by atoms with E-state index in [9.17, 15) is 0 Å². The van der Waals surface area contributed by atoms with Crippen molar-refractivity contribution >= 4 is 11.6 Å². The van der Waals surface area contributed by atoms with Crippen LogP contribution in [0.4, 0.5) is 0 Å². The normalized spacial score (nSPS) is 13.1. The molecule has 0 spiro atoms. The molecule has 0 aliphatic rings. The first kappa shape index (κ1) is 18.5. The van der Waals surface area contributed by atoms with Gasteiger partial charge in [0.2, 0.25) is 0 Å². The molecule has 3 N–H and O–H groups in total. The van der Waals surface area contributed by atoms with E-state index in [1.807, 2.05) is 12.1 Å². The molecule has 0 fully saturated rings. The van der Waals surface area contributed by atoms with Gasteiger partial charge in [0.15, 0.2) is 0 Å². The quantitative estimate of drug-likeness (QED) is 0.616. The predicted octanol–water partition coefficient (Wildman–Crippen LogP) is 1.96. The average Bonchev–Trinajstić information content (AvgIpc) is 2.42. The van der Waals surface area contributed by atoms with Crippen LogP contribution in [-0.2, 0) is 0 Å². The van der Waals surface area contributed by atoms with Crippen molar-refractivity contribution in [2.45, 2.75) is 39.0 Å². The lowest BCUT2D eigenvalue weighted by molar-refractivity contribution is -0.874. The van der Waals surface area contributed by atoms with Crippen LogP contribution in [-0.4, -0.2) is 33.7 Å². The Labute approximate surface area is 135 Å². The van der Waals surface area contributed by atoms with Gasteiger partial charge in [-0.2, -0.15) is 0 Å². The van der Waals surface area contributed by atoms with Gasteiger partial charge in [0.05, 0.1) is 20.6 Å². The number of hydrogen-bond acceptors (Lipinski definition) is 0. The van der Waals surface area contributed by atoms with E-state index in [1.165, 1.54) is 49.4 Å². The zero-order valence-electron chi connectivity index (χ0n) is 14.2. The molecule has 0 saturated heterocycles. The summed E-state index contributed by atoms with van der Waals surface area (Å²) in [5.74, 6) is 1.45. The number of hydrogen-bond donors (Lipinski definition) is 2. The third-order valence-electron chi connectivity index (χ3n) is 4.00. The molecule has 0 aliphatic heterocycles. The molecule has 1 rings (SSSR count). The van der Waals surface area contributed by atoms with E-state index in [0.29, 0.717) is 5.92 Å². The molecule has 0 bridgehead atoms. The first-order valence-electron chi connectivity index (χ1n) is 8.35. The van der Waals surface area contributed by atoms with E-state index in [2.05, 4.69) is 45.4 Å². The molecule has 0 aliphatic carbocycles. The van der Waals surface area contributed by atoms with Crippen molar-refractivity contribution < 1.29 is 10.2 Å². The summed E-state index contributed by atoms with van der Waals surface area (Å²) in [5, 5.41) is 3.30. The van der Waals surface area contributed by atoms with Gasteiger partial charge in [-0.15, -0.1) is 0 Å². The minimum absolute atomic E-state index is 0.674. The van der Waals surface area contributed by atoms with Gasteiger partial charge in [0.25, 0.3) is 0 Å². The Morgan fingerprint density at radius 1 is 1.00 bits per heavy atom. The molecule has 0 unspecified atom stereocenters.